The van der Waals surface area contributed by atoms with E-state index in [9.17, 15) is 19.8 Å². The largest absolute Gasteiger partial charge is 0.477 e. The lowest BCUT2D eigenvalue weighted by molar-refractivity contribution is 0.0703. The van der Waals surface area contributed by atoms with Crippen LogP contribution < -0.4 is 5.32 Å². The Labute approximate surface area is 129 Å². The monoisotopic (exact) mass is 319 g/mol. The summed E-state index contributed by atoms with van der Waals surface area (Å²) >= 11 is 1.03. The summed E-state index contributed by atoms with van der Waals surface area (Å²) in [5.41, 5.74) is 1.69. The number of nitrogens with one attached hydrogen (secondary N) is 1. The van der Waals surface area contributed by atoms with E-state index in [1.54, 1.807) is 17.5 Å². The van der Waals surface area contributed by atoms with Crippen LogP contribution in [0.2, 0.25) is 0 Å². The van der Waals surface area contributed by atoms with E-state index in [2.05, 4.69) is 5.32 Å². The van der Waals surface area contributed by atoms with Crippen molar-refractivity contribution >= 4 is 28.9 Å². The van der Waals surface area contributed by atoms with Crippen LogP contribution in [0.25, 0.3) is 0 Å². The van der Waals surface area contributed by atoms with Crippen molar-refractivity contribution < 1.29 is 24.9 Å². The second-order valence-electron chi connectivity index (χ2n) is 5.03. The van der Waals surface area contributed by atoms with E-state index < -0.39 is 24.1 Å². The first kappa shape index (κ1) is 14.7. The fraction of sp³-hybridized carbons (Fsp3) is 0.200. The summed E-state index contributed by atoms with van der Waals surface area (Å²) in [7, 11) is 0. The smallest absolute Gasteiger partial charge is 0.348 e. The highest BCUT2D eigenvalue weighted by Crippen LogP contribution is 2.39. The van der Waals surface area contributed by atoms with Crippen molar-refractivity contribution in [3.8, 4) is 0 Å². The minimum absolute atomic E-state index is 0.0602. The van der Waals surface area contributed by atoms with E-state index in [0.29, 0.717) is 16.7 Å². The molecule has 0 saturated heterocycles. The highest BCUT2D eigenvalue weighted by molar-refractivity contribution is 7.12. The van der Waals surface area contributed by atoms with Crippen LogP contribution in [0.5, 0.6) is 0 Å². The summed E-state index contributed by atoms with van der Waals surface area (Å²) in [6.07, 6.45) is -1.31. The quantitative estimate of drug-likeness (QED) is 0.693. The van der Waals surface area contributed by atoms with Gasteiger partial charge in [-0.15, -0.1) is 11.3 Å². The molecule has 1 amide bonds. The molecule has 1 aliphatic carbocycles. The number of hydrogen-bond donors (Lipinski definition) is 4. The van der Waals surface area contributed by atoms with Gasteiger partial charge in [-0.25, -0.2) is 4.79 Å². The Bertz CT molecular complexity index is 754. The lowest BCUT2D eigenvalue weighted by Gasteiger charge is -2.08. The second-order valence-corrected chi connectivity index (χ2v) is 5.95. The Morgan fingerprint density at radius 1 is 1.14 bits per heavy atom. The molecule has 3 rings (SSSR count). The van der Waals surface area contributed by atoms with E-state index in [1.807, 2.05) is 0 Å². The van der Waals surface area contributed by atoms with Crippen molar-refractivity contribution in [2.75, 3.05) is 5.32 Å². The third-order valence-electron chi connectivity index (χ3n) is 3.62. The number of thiophene rings is 1. The van der Waals surface area contributed by atoms with Gasteiger partial charge in [0.2, 0.25) is 0 Å². The molecule has 114 valence electrons. The summed E-state index contributed by atoms with van der Waals surface area (Å²) in [5.74, 6) is -1.56. The molecule has 0 saturated carbocycles. The van der Waals surface area contributed by atoms with Crippen LogP contribution in [0.3, 0.4) is 0 Å². The molecular formula is C15H13NO5S. The lowest BCUT2D eigenvalue weighted by atomic mass is 10.0. The Hall–Kier alpha value is -2.22. The third kappa shape index (κ3) is 2.50. The molecule has 2 aromatic rings. The van der Waals surface area contributed by atoms with Crippen molar-refractivity contribution in [3.63, 3.8) is 0 Å². The molecule has 1 aliphatic rings. The average Bonchev–Trinajstić information content (AvgIpc) is 3.04. The van der Waals surface area contributed by atoms with Crippen LogP contribution >= 0.6 is 11.3 Å². The summed E-state index contributed by atoms with van der Waals surface area (Å²) < 4.78 is 0. The zero-order valence-electron chi connectivity index (χ0n) is 11.3. The molecule has 1 heterocycles. The molecule has 2 atom stereocenters. The van der Waals surface area contributed by atoms with Crippen molar-refractivity contribution in [3.05, 3.63) is 51.2 Å². The summed E-state index contributed by atoms with van der Waals surface area (Å²) in [4.78, 5) is 23.3. The van der Waals surface area contributed by atoms with Crippen LogP contribution in [0.4, 0.5) is 5.69 Å². The van der Waals surface area contributed by atoms with Crippen molar-refractivity contribution in [1.29, 1.82) is 0 Å². The highest BCUT2D eigenvalue weighted by atomic mass is 32.1. The van der Waals surface area contributed by atoms with Gasteiger partial charge in [-0.1, -0.05) is 6.07 Å². The van der Waals surface area contributed by atoms with E-state index in [1.165, 1.54) is 12.1 Å². The molecule has 1 aromatic heterocycles. The maximum absolute atomic E-state index is 12.2. The Balaban J connectivity index is 1.86. The number of fused-ring (bicyclic) bond motifs is 1. The lowest BCUT2D eigenvalue weighted by Crippen LogP contribution is -2.14. The Kier molecular flexibility index (Phi) is 3.69. The van der Waals surface area contributed by atoms with Crippen LogP contribution in [0.15, 0.2) is 29.6 Å². The second kappa shape index (κ2) is 5.53. The molecule has 0 spiro atoms. The normalized spacial score (nSPS) is 19.7. The molecule has 0 radical (unpaired) electrons. The standard InChI is InChI=1S/C15H13NO5S/c17-11-6-12(18)9-5-7(1-2-8(9)11)14(19)16-10-3-4-22-13(10)15(20)21/h1-5,11-12,17-18H,6H2,(H,16,19)(H,20,21). The van der Waals surface area contributed by atoms with Gasteiger partial charge < -0.3 is 20.6 Å². The first-order chi connectivity index (χ1) is 10.5. The number of amides is 1. The van der Waals surface area contributed by atoms with Gasteiger partial charge in [0, 0.05) is 12.0 Å². The van der Waals surface area contributed by atoms with E-state index in [4.69, 9.17) is 5.11 Å². The van der Waals surface area contributed by atoms with Crippen LogP contribution in [-0.2, 0) is 0 Å². The summed E-state index contributed by atoms with van der Waals surface area (Å²) in [6.45, 7) is 0. The molecule has 7 heteroatoms. The minimum Gasteiger partial charge on any atom is -0.477 e. The average molecular weight is 319 g/mol. The number of aliphatic hydroxyl groups excluding tert-OH is 2. The van der Waals surface area contributed by atoms with Crippen LogP contribution in [0.1, 0.15) is 49.8 Å². The number of carboxylic acid groups (broad SMARTS) is 1. The maximum Gasteiger partial charge on any atom is 0.348 e. The van der Waals surface area contributed by atoms with Crippen molar-refractivity contribution in [1.82, 2.24) is 0 Å². The number of aliphatic hydroxyl groups is 2. The predicted octanol–water partition coefficient (Wildman–Crippen LogP) is 2.17. The molecule has 0 bridgehead atoms. The number of carbonyl (C=O) groups is 2. The minimum atomic E-state index is -1.10. The number of hydrogen-bond acceptors (Lipinski definition) is 5. The number of benzene rings is 1. The fourth-order valence-corrected chi connectivity index (χ4v) is 3.23. The van der Waals surface area contributed by atoms with E-state index in [0.717, 1.165) is 11.3 Å². The zero-order valence-corrected chi connectivity index (χ0v) is 12.1. The van der Waals surface area contributed by atoms with Gasteiger partial charge in [0.1, 0.15) is 4.88 Å². The van der Waals surface area contributed by atoms with Crippen LogP contribution in [-0.4, -0.2) is 27.2 Å². The number of carbonyl (C=O) groups excluding carboxylic acids is 1. The molecule has 0 fully saturated rings. The van der Waals surface area contributed by atoms with Gasteiger partial charge in [0.15, 0.2) is 0 Å². The molecule has 0 aliphatic heterocycles. The third-order valence-corrected chi connectivity index (χ3v) is 4.52. The van der Waals surface area contributed by atoms with Gasteiger partial charge in [-0.2, -0.15) is 0 Å². The molecule has 6 nitrogen and oxygen atoms in total. The molecule has 2 unspecified atom stereocenters. The van der Waals surface area contributed by atoms with Gasteiger partial charge in [-0.05, 0) is 34.7 Å². The first-order valence-corrected chi connectivity index (χ1v) is 7.47. The number of rotatable bonds is 3. The van der Waals surface area contributed by atoms with Gasteiger partial charge in [0.25, 0.3) is 5.91 Å². The molecular weight excluding hydrogens is 306 g/mol. The van der Waals surface area contributed by atoms with Crippen LogP contribution in [0, 0.1) is 0 Å². The maximum atomic E-state index is 12.2. The topological polar surface area (TPSA) is 107 Å². The first-order valence-electron chi connectivity index (χ1n) is 6.59. The van der Waals surface area contributed by atoms with E-state index >= 15 is 0 Å². The number of aromatic carboxylic acids is 1. The molecule has 1 aromatic carbocycles. The zero-order chi connectivity index (χ0) is 15.9. The van der Waals surface area contributed by atoms with Gasteiger partial charge in [-0.3, -0.25) is 4.79 Å². The fourth-order valence-electron chi connectivity index (χ4n) is 2.54. The summed E-state index contributed by atoms with van der Waals surface area (Å²) in [6, 6.07) is 6.20. The van der Waals surface area contributed by atoms with Crippen molar-refractivity contribution in [2.24, 2.45) is 0 Å². The SMILES string of the molecule is O=C(Nc1ccsc1C(=O)O)c1ccc2c(c1)C(O)CC2O. The summed E-state index contributed by atoms with van der Waals surface area (Å²) in [5, 5.41) is 32.8. The number of carboxylic acids is 1. The van der Waals surface area contributed by atoms with Gasteiger partial charge >= 0.3 is 5.97 Å². The van der Waals surface area contributed by atoms with Gasteiger partial charge in [0.05, 0.1) is 17.9 Å². The number of anilines is 1. The predicted molar refractivity (Wildman–Crippen MR) is 80.2 cm³/mol. The van der Waals surface area contributed by atoms with E-state index in [-0.39, 0.29) is 17.0 Å². The highest BCUT2D eigenvalue weighted by Gasteiger charge is 2.29. The Morgan fingerprint density at radius 3 is 2.59 bits per heavy atom. The molecule has 22 heavy (non-hydrogen) atoms. The van der Waals surface area contributed by atoms with Crippen molar-refractivity contribution in [2.45, 2.75) is 18.6 Å². The molecule has 4 N–H and O–H groups in total. The Morgan fingerprint density at radius 2 is 1.86 bits per heavy atom.